The van der Waals surface area contributed by atoms with Gasteiger partial charge in [0.05, 0.1) is 6.07 Å². The average Bonchev–Trinajstić information content (AvgIpc) is 2.59. The molecule has 3 atom stereocenters. The molecule has 0 radical (unpaired) electrons. The van der Waals surface area contributed by atoms with Crippen molar-refractivity contribution in [2.45, 2.75) is 35.8 Å². The molecule has 0 heterocycles. The van der Waals surface area contributed by atoms with E-state index in [1.807, 2.05) is 6.07 Å². The predicted octanol–water partition coefficient (Wildman–Crippen LogP) is 3.83. The van der Waals surface area contributed by atoms with Gasteiger partial charge in [-0.25, -0.2) is 0 Å². The van der Waals surface area contributed by atoms with Gasteiger partial charge >= 0.3 is 0 Å². The molecule has 1 aromatic rings. The first-order valence-electron chi connectivity index (χ1n) is 7.64. The number of nitrogens with zero attached hydrogens (tertiary/aromatic N) is 1. The minimum absolute atomic E-state index is 0.00559. The van der Waals surface area contributed by atoms with Crippen LogP contribution in [0.2, 0.25) is 0 Å². The van der Waals surface area contributed by atoms with Gasteiger partial charge < -0.3 is 5.32 Å². The zero-order chi connectivity index (χ0) is 15.9. The van der Waals surface area contributed by atoms with E-state index in [9.17, 15) is 4.79 Å². The van der Waals surface area contributed by atoms with Gasteiger partial charge in [0.2, 0.25) is 5.91 Å². The van der Waals surface area contributed by atoms with Crippen LogP contribution in [0.4, 0.5) is 0 Å². The summed E-state index contributed by atoms with van der Waals surface area (Å²) >= 11 is 6.54. The van der Waals surface area contributed by atoms with Gasteiger partial charge in [-0.3, -0.25) is 4.79 Å². The molecule has 1 N–H and O–H groups in total. The maximum absolute atomic E-state index is 12.3. The Morgan fingerprint density at radius 3 is 2.73 bits per heavy atom. The van der Waals surface area contributed by atoms with Crippen LogP contribution < -0.4 is 5.32 Å². The largest absolute Gasteiger partial charge is 0.343 e. The predicted molar refractivity (Wildman–Crippen MR) is 94.0 cm³/mol. The summed E-state index contributed by atoms with van der Waals surface area (Å²) in [5.41, 5.74) is 1.17. The molecule has 0 aromatic heterocycles. The highest BCUT2D eigenvalue weighted by molar-refractivity contribution is 7.98. The number of nitrogens with one attached hydrogen (secondary N) is 1. The zero-order valence-electron chi connectivity index (χ0n) is 12.8. The SMILES string of the molecule is CSc1ccc(C(S)C2CCCCC2C(=O)NCC#N)cc1. The molecule has 2 rings (SSSR count). The molecule has 0 saturated heterocycles. The Hall–Kier alpha value is -1.12. The van der Waals surface area contributed by atoms with Crippen molar-refractivity contribution in [3.8, 4) is 6.07 Å². The third-order valence-corrected chi connectivity index (χ3v) is 5.79. The second-order valence-electron chi connectivity index (χ2n) is 5.65. The van der Waals surface area contributed by atoms with Crippen LogP contribution in [0.25, 0.3) is 0 Å². The summed E-state index contributed by atoms with van der Waals surface area (Å²) in [4.78, 5) is 13.5. The van der Waals surface area contributed by atoms with Crippen molar-refractivity contribution in [2.24, 2.45) is 11.8 Å². The monoisotopic (exact) mass is 334 g/mol. The van der Waals surface area contributed by atoms with Crippen LogP contribution in [0.5, 0.6) is 0 Å². The smallest absolute Gasteiger partial charge is 0.224 e. The Labute approximate surface area is 142 Å². The summed E-state index contributed by atoms with van der Waals surface area (Å²) in [6, 6.07) is 10.4. The number of carbonyl (C=O) groups is 1. The molecule has 1 aliphatic rings. The first-order valence-corrected chi connectivity index (χ1v) is 9.38. The summed E-state index contributed by atoms with van der Waals surface area (Å²) in [7, 11) is 0. The molecular weight excluding hydrogens is 312 g/mol. The van der Waals surface area contributed by atoms with Gasteiger partial charge in [-0.05, 0) is 42.7 Å². The van der Waals surface area contributed by atoms with Gasteiger partial charge in [-0.1, -0.05) is 25.0 Å². The average molecular weight is 335 g/mol. The van der Waals surface area contributed by atoms with Crippen molar-refractivity contribution in [1.82, 2.24) is 5.32 Å². The first kappa shape index (κ1) is 17.2. The van der Waals surface area contributed by atoms with Crippen LogP contribution in [0.15, 0.2) is 29.2 Å². The van der Waals surface area contributed by atoms with Crippen molar-refractivity contribution < 1.29 is 4.79 Å². The van der Waals surface area contributed by atoms with Gasteiger partial charge in [0.1, 0.15) is 6.54 Å². The highest BCUT2D eigenvalue weighted by atomic mass is 32.2. The van der Waals surface area contributed by atoms with E-state index in [0.29, 0.717) is 0 Å². The lowest BCUT2D eigenvalue weighted by atomic mass is 9.75. The van der Waals surface area contributed by atoms with E-state index in [1.54, 1.807) is 11.8 Å². The molecule has 0 bridgehead atoms. The molecule has 3 nitrogen and oxygen atoms in total. The van der Waals surface area contributed by atoms with Crippen molar-refractivity contribution in [2.75, 3.05) is 12.8 Å². The first-order chi connectivity index (χ1) is 10.7. The summed E-state index contributed by atoms with van der Waals surface area (Å²) in [6.45, 7) is 0.0850. The molecule has 22 heavy (non-hydrogen) atoms. The fourth-order valence-electron chi connectivity index (χ4n) is 3.17. The molecule has 3 unspecified atom stereocenters. The van der Waals surface area contributed by atoms with Gasteiger partial charge in [0.25, 0.3) is 0 Å². The Morgan fingerprint density at radius 1 is 1.41 bits per heavy atom. The minimum atomic E-state index is -0.0372. The molecule has 1 aliphatic carbocycles. The number of rotatable bonds is 5. The van der Waals surface area contributed by atoms with Crippen molar-refractivity contribution >= 4 is 30.3 Å². The third-order valence-electron chi connectivity index (χ3n) is 4.36. The molecule has 1 aromatic carbocycles. The lowest BCUT2D eigenvalue weighted by Crippen LogP contribution is -2.38. The minimum Gasteiger partial charge on any atom is -0.343 e. The topological polar surface area (TPSA) is 52.9 Å². The van der Waals surface area contributed by atoms with Gasteiger partial charge in [0.15, 0.2) is 0 Å². The quantitative estimate of drug-likeness (QED) is 0.489. The highest BCUT2D eigenvalue weighted by Gasteiger charge is 2.35. The van der Waals surface area contributed by atoms with Crippen molar-refractivity contribution in [3.63, 3.8) is 0 Å². The number of hydrogen-bond acceptors (Lipinski definition) is 4. The highest BCUT2D eigenvalue weighted by Crippen LogP contribution is 2.42. The molecule has 5 heteroatoms. The molecule has 1 amide bonds. The van der Waals surface area contributed by atoms with Crippen molar-refractivity contribution in [3.05, 3.63) is 29.8 Å². The number of benzene rings is 1. The van der Waals surface area contributed by atoms with Gasteiger partial charge in [-0.15, -0.1) is 11.8 Å². The maximum Gasteiger partial charge on any atom is 0.224 e. The Kier molecular flexibility index (Phi) is 6.66. The fourth-order valence-corrected chi connectivity index (χ4v) is 4.11. The van der Waals surface area contributed by atoms with E-state index < -0.39 is 0 Å². The Morgan fingerprint density at radius 2 is 2.09 bits per heavy atom. The molecule has 0 aliphatic heterocycles. The molecule has 1 saturated carbocycles. The van der Waals surface area contributed by atoms with Crippen LogP contribution >= 0.6 is 24.4 Å². The van der Waals surface area contributed by atoms with Crippen LogP contribution in [-0.4, -0.2) is 18.7 Å². The molecule has 118 valence electrons. The molecule has 0 spiro atoms. The number of amides is 1. The summed E-state index contributed by atoms with van der Waals surface area (Å²) in [5, 5.41) is 11.4. The number of thiol groups is 1. The zero-order valence-corrected chi connectivity index (χ0v) is 14.5. The van der Waals surface area contributed by atoms with Crippen LogP contribution in [0.1, 0.15) is 36.5 Å². The third kappa shape index (κ3) is 4.21. The van der Waals surface area contributed by atoms with Crippen LogP contribution in [0.3, 0.4) is 0 Å². The molecular formula is C17H22N2OS2. The summed E-state index contributed by atoms with van der Waals surface area (Å²) < 4.78 is 0. The van der Waals surface area contributed by atoms with Crippen LogP contribution in [0, 0.1) is 23.2 Å². The van der Waals surface area contributed by atoms with Crippen molar-refractivity contribution in [1.29, 1.82) is 5.26 Å². The van der Waals surface area contributed by atoms with E-state index in [0.717, 1.165) is 25.7 Å². The Balaban J connectivity index is 2.11. The van der Waals surface area contributed by atoms with Gasteiger partial charge in [-0.2, -0.15) is 17.9 Å². The second kappa shape index (κ2) is 8.50. The number of carbonyl (C=O) groups excluding carboxylic acids is 1. The lowest BCUT2D eigenvalue weighted by Gasteiger charge is -2.34. The number of hydrogen-bond donors (Lipinski definition) is 2. The number of thioether (sulfide) groups is 1. The van der Waals surface area contributed by atoms with E-state index in [1.165, 1.54) is 10.5 Å². The summed E-state index contributed by atoms with van der Waals surface area (Å²) in [6.07, 6.45) is 6.19. The van der Waals surface area contributed by atoms with E-state index in [-0.39, 0.29) is 29.5 Å². The summed E-state index contributed by atoms with van der Waals surface area (Å²) in [5.74, 6) is 0.201. The fraction of sp³-hybridized carbons (Fsp3) is 0.529. The van der Waals surface area contributed by atoms with E-state index in [2.05, 4.69) is 35.8 Å². The van der Waals surface area contributed by atoms with Gasteiger partial charge in [0, 0.05) is 16.1 Å². The van der Waals surface area contributed by atoms with E-state index in [4.69, 9.17) is 17.9 Å². The Bertz CT molecular complexity index is 539. The van der Waals surface area contributed by atoms with Crippen LogP contribution in [-0.2, 0) is 4.79 Å². The van der Waals surface area contributed by atoms with E-state index >= 15 is 0 Å². The normalized spacial score (nSPS) is 22.6. The second-order valence-corrected chi connectivity index (χ2v) is 7.08. The number of nitriles is 1. The standard InChI is InChI=1S/C17H22N2OS2/c1-22-13-8-6-12(7-9-13)16(21)14-4-2-3-5-15(14)17(20)19-11-10-18/h6-9,14-16,21H,2-5,11H2,1H3,(H,19,20). The maximum atomic E-state index is 12.3. The molecule has 1 fully saturated rings. The lowest BCUT2D eigenvalue weighted by molar-refractivity contribution is -0.127.